The van der Waals surface area contributed by atoms with E-state index in [1.165, 1.54) is 67.0 Å². The number of hydrogen-bond acceptors (Lipinski definition) is 8. The molecule has 148 valence electrons. The summed E-state index contributed by atoms with van der Waals surface area (Å²) in [6.07, 6.45) is 7.71. The molecule has 0 aromatic carbocycles. The lowest BCUT2D eigenvalue weighted by Crippen LogP contribution is -1.89. The van der Waals surface area contributed by atoms with Gasteiger partial charge in [-0.2, -0.15) is 0 Å². The maximum Gasteiger partial charge on any atom is 0.0753 e. The Morgan fingerprint density at radius 3 is 1.46 bits per heavy atom. The van der Waals surface area contributed by atoms with E-state index in [4.69, 9.17) is 0 Å². The normalized spacial score (nSPS) is 18.0. The second kappa shape index (κ2) is 13.5. The average Bonchev–Trinajstić information content (AvgIpc) is 3.26. The summed E-state index contributed by atoms with van der Waals surface area (Å²) in [4.78, 5) is 1.81. The molecule has 0 spiro atoms. The fourth-order valence-corrected chi connectivity index (χ4v) is 11.0. The summed E-state index contributed by atoms with van der Waals surface area (Å²) < 4.78 is 5.47. The predicted molar refractivity (Wildman–Crippen MR) is 130 cm³/mol. The Morgan fingerprint density at radius 2 is 1.08 bits per heavy atom. The minimum Gasteiger partial charge on any atom is -0.391 e. The highest BCUT2D eigenvalue weighted by Crippen LogP contribution is 2.63. The second-order valence-electron chi connectivity index (χ2n) is 5.83. The molecule has 0 unspecified atom stereocenters. The summed E-state index contributed by atoms with van der Waals surface area (Å²) in [5.74, 6) is 2.39. The number of aliphatic hydroxyl groups is 2. The third-order valence-corrected chi connectivity index (χ3v) is 12.6. The van der Waals surface area contributed by atoms with E-state index in [9.17, 15) is 10.2 Å². The predicted octanol–water partition coefficient (Wildman–Crippen LogP) is 7.24. The molecule has 2 aliphatic rings. The van der Waals surface area contributed by atoms with Crippen molar-refractivity contribution in [1.29, 1.82) is 0 Å². The molecule has 0 fully saturated rings. The fraction of sp³-hybridized carbons (Fsp3) is 0.667. The lowest BCUT2D eigenvalue weighted by atomic mass is 10.3. The molecule has 0 radical (unpaired) electrons. The van der Waals surface area contributed by atoms with Crippen LogP contribution in [0.15, 0.2) is 26.8 Å². The van der Waals surface area contributed by atoms with Gasteiger partial charge < -0.3 is 10.2 Å². The zero-order valence-electron chi connectivity index (χ0n) is 15.4. The zero-order chi connectivity index (χ0) is 18.8. The van der Waals surface area contributed by atoms with Gasteiger partial charge in [0.25, 0.3) is 0 Å². The first-order valence-corrected chi connectivity index (χ1v) is 14.4. The Balaban J connectivity index is 1.99. The van der Waals surface area contributed by atoms with Crippen LogP contribution in [0.5, 0.6) is 0 Å². The van der Waals surface area contributed by atoms with Gasteiger partial charge in [0.15, 0.2) is 0 Å². The molecular formula is C18H28O2S6. The highest BCUT2D eigenvalue weighted by atomic mass is 32.3. The Hall–Kier alpha value is 1.24. The molecule has 2 aliphatic heterocycles. The molecule has 0 saturated carbocycles. The molecular weight excluding hydrogens is 441 g/mol. The molecule has 0 amide bonds. The van der Waals surface area contributed by atoms with Crippen molar-refractivity contribution in [3.05, 3.63) is 26.8 Å². The van der Waals surface area contributed by atoms with E-state index in [1.807, 2.05) is 47.0 Å². The highest BCUT2D eigenvalue weighted by molar-refractivity contribution is 8.42. The maximum absolute atomic E-state index is 9.51. The van der Waals surface area contributed by atoms with Gasteiger partial charge in [-0.1, -0.05) is 86.6 Å². The van der Waals surface area contributed by atoms with Crippen LogP contribution in [0.1, 0.15) is 52.4 Å². The van der Waals surface area contributed by atoms with Crippen LogP contribution in [0.3, 0.4) is 0 Å². The minimum atomic E-state index is 0.0182. The topological polar surface area (TPSA) is 40.5 Å². The number of aliphatic hydroxyl groups excluding tert-OH is 2. The van der Waals surface area contributed by atoms with Crippen molar-refractivity contribution in [2.45, 2.75) is 52.4 Å². The summed E-state index contributed by atoms with van der Waals surface area (Å²) >= 11 is 11.1. The first-order chi connectivity index (χ1) is 12.7. The monoisotopic (exact) mass is 468 g/mol. The van der Waals surface area contributed by atoms with Crippen molar-refractivity contribution >= 4 is 70.6 Å². The molecule has 2 nitrogen and oxygen atoms in total. The van der Waals surface area contributed by atoms with Gasteiger partial charge in [0, 0.05) is 9.81 Å². The van der Waals surface area contributed by atoms with E-state index < -0.39 is 0 Å². The largest absolute Gasteiger partial charge is 0.391 e. The summed E-state index contributed by atoms with van der Waals surface area (Å²) in [5, 5.41) is 19.0. The van der Waals surface area contributed by atoms with Crippen molar-refractivity contribution in [2.75, 3.05) is 24.7 Å². The van der Waals surface area contributed by atoms with Gasteiger partial charge in [-0.3, -0.25) is 0 Å². The first-order valence-electron chi connectivity index (χ1n) is 9.12. The summed E-state index contributed by atoms with van der Waals surface area (Å²) in [6, 6.07) is 0. The standard InChI is InChI=1S/C18H28O2S6/c1-3-5-7-9-21-15-16(22-10-8-6-4-2)26-18(25-15)17-23-13(11-19)14(12-20)24-17/h19-20H,3-12H2,1-2H3. The van der Waals surface area contributed by atoms with Gasteiger partial charge in [0.2, 0.25) is 0 Å². The van der Waals surface area contributed by atoms with Crippen LogP contribution in [-0.2, 0) is 0 Å². The lowest BCUT2D eigenvalue weighted by molar-refractivity contribution is 0.324. The van der Waals surface area contributed by atoms with Gasteiger partial charge in [-0.25, -0.2) is 0 Å². The summed E-state index contributed by atoms with van der Waals surface area (Å²) in [5.41, 5.74) is 0. The van der Waals surface area contributed by atoms with Crippen LogP contribution < -0.4 is 0 Å². The minimum absolute atomic E-state index is 0.0182. The SMILES string of the molecule is CCCCCSC1=C(SCCCCC)SC(=C2SC(CO)=C(CO)S2)S1. The molecule has 2 rings (SSSR count). The highest BCUT2D eigenvalue weighted by Gasteiger charge is 2.29. The molecule has 8 heteroatoms. The molecule has 0 atom stereocenters. The molecule has 26 heavy (non-hydrogen) atoms. The Morgan fingerprint density at radius 1 is 0.654 bits per heavy atom. The van der Waals surface area contributed by atoms with Crippen LogP contribution in [-0.4, -0.2) is 34.9 Å². The van der Waals surface area contributed by atoms with E-state index in [-0.39, 0.29) is 13.2 Å². The first kappa shape index (κ1) is 23.5. The quantitative estimate of drug-likeness (QED) is 0.290. The van der Waals surface area contributed by atoms with Gasteiger partial charge in [-0.15, -0.1) is 23.5 Å². The smallest absolute Gasteiger partial charge is 0.0753 e. The summed E-state index contributed by atoms with van der Waals surface area (Å²) in [7, 11) is 0. The Bertz CT molecular complexity index is 512. The fourth-order valence-electron chi connectivity index (χ4n) is 2.25. The third-order valence-electron chi connectivity index (χ3n) is 3.70. The van der Waals surface area contributed by atoms with Crippen LogP contribution in [0, 0.1) is 0 Å². The molecule has 0 aliphatic carbocycles. The van der Waals surface area contributed by atoms with Crippen molar-refractivity contribution in [2.24, 2.45) is 0 Å². The van der Waals surface area contributed by atoms with Gasteiger partial charge >= 0.3 is 0 Å². The Kier molecular flexibility index (Phi) is 12.2. The maximum atomic E-state index is 9.51. The van der Waals surface area contributed by atoms with Crippen molar-refractivity contribution in [3.63, 3.8) is 0 Å². The third kappa shape index (κ3) is 7.25. The van der Waals surface area contributed by atoms with Crippen molar-refractivity contribution < 1.29 is 10.2 Å². The van der Waals surface area contributed by atoms with E-state index in [0.717, 1.165) is 9.81 Å². The Labute approximate surface area is 183 Å². The second-order valence-corrected chi connectivity index (χ2v) is 13.3. The molecule has 0 aromatic rings. The number of unbranched alkanes of at least 4 members (excludes halogenated alkanes) is 4. The van der Waals surface area contributed by atoms with Gasteiger partial charge in [-0.05, 0) is 24.3 Å². The van der Waals surface area contributed by atoms with E-state index in [1.54, 1.807) is 23.5 Å². The molecule has 0 bridgehead atoms. The average molecular weight is 469 g/mol. The lowest BCUT2D eigenvalue weighted by Gasteiger charge is -2.04. The molecule has 2 N–H and O–H groups in total. The van der Waals surface area contributed by atoms with Gasteiger partial charge in [0.1, 0.15) is 0 Å². The number of rotatable bonds is 12. The van der Waals surface area contributed by atoms with Crippen molar-refractivity contribution in [3.8, 4) is 0 Å². The van der Waals surface area contributed by atoms with E-state index in [2.05, 4.69) is 13.8 Å². The van der Waals surface area contributed by atoms with E-state index >= 15 is 0 Å². The molecule has 0 aromatic heterocycles. The molecule has 0 saturated heterocycles. The number of thioether (sulfide) groups is 6. The van der Waals surface area contributed by atoms with Gasteiger partial charge in [0.05, 0.1) is 30.2 Å². The van der Waals surface area contributed by atoms with Crippen LogP contribution >= 0.6 is 70.6 Å². The zero-order valence-corrected chi connectivity index (χ0v) is 20.3. The van der Waals surface area contributed by atoms with Crippen LogP contribution in [0.4, 0.5) is 0 Å². The number of hydrogen-bond donors (Lipinski definition) is 2. The molecule has 2 heterocycles. The van der Waals surface area contributed by atoms with E-state index in [0.29, 0.717) is 0 Å². The van der Waals surface area contributed by atoms with Crippen LogP contribution in [0.2, 0.25) is 0 Å². The van der Waals surface area contributed by atoms with Crippen molar-refractivity contribution in [1.82, 2.24) is 0 Å². The van der Waals surface area contributed by atoms with Crippen LogP contribution in [0.25, 0.3) is 0 Å². The summed E-state index contributed by atoms with van der Waals surface area (Å²) in [6.45, 7) is 4.54.